The Bertz CT molecular complexity index is 1140. The molecular formula is C18H12N4OS3. The van der Waals surface area contributed by atoms with Gasteiger partial charge >= 0.3 is 0 Å². The Morgan fingerprint density at radius 3 is 2.92 bits per heavy atom. The van der Waals surface area contributed by atoms with E-state index in [1.165, 1.54) is 29.4 Å². The van der Waals surface area contributed by atoms with Crippen LogP contribution in [0.5, 0.6) is 0 Å². The minimum Gasteiger partial charge on any atom is -0.510 e. The van der Waals surface area contributed by atoms with E-state index in [0.29, 0.717) is 5.01 Å². The predicted octanol–water partition coefficient (Wildman–Crippen LogP) is 5.27. The molecule has 26 heavy (non-hydrogen) atoms. The van der Waals surface area contributed by atoms with Gasteiger partial charge in [-0.15, -0.1) is 22.7 Å². The van der Waals surface area contributed by atoms with Crippen LogP contribution in [0.2, 0.25) is 0 Å². The summed E-state index contributed by atoms with van der Waals surface area (Å²) in [5, 5.41) is 24.2. The summed E-state index contributed by atoms with van der Waals surface area (Å²) in [7, 11) is 0. The summed E-state index contributed by atoms with van der Waals surface area (Å²) in [6.07, 6.45) is 1.52. The average Bonchev–Trinajstić information content (AvgIpc) is 3.29. The first-order valence-corrected chi connectivity index (χ1v) is 10.3. The van der Waals surface area contributed by atoms with Crippen molar-refractivity contribution in [2.24, 2.45) is 0 Å². The van der Waals surface area contributed by atoms with E-state index in [2.05, 4.69) is 21.0 Å². The molecule has 0 aliphatic heterocycles. The van der Waals surface area contributed by atoms with Gasteiger partial charge in [-0.1, -0.05) is 23.9 Å². The van der Waals surface area contributed by atoms with Crippen LogP contribution in [-0.4, -0.2) is 25.3 Å². The number of thioether (sulfide) groups is 1. The van der Waals surface area contributed by atoms with Gasteiger partial charge in [0, 0.05) is 5.39 Å². The van der Waals surface area contributed by atoms with Gasteiger partial charge in [-0.25, -0.2) is 15.0 Å². The van der Waals surface area contributed by atoms with Crippen molar-refractivity contribution in [3.63, 3.8) is 0 Å². The highest BCUT2D eigenvalue weighted by Crippen LogP contribution is 2.35. The summed E-state index contributed by atoms with van der Waals surface area (Å²) in [5.74, 6) is 0.0125. The fourth-order valence-corrected chi connectivity index (χ4v) is 5.21. The van der Waals surface area contributed by atoms with E-state index in [4.69, 9.17) is 0 Å². The maximum atomic E-state index is 10.7. The number of aliphatic hydroxyl groups excluding tert-OH is 1. The SMILES string of the molecule is CC(Sc1ncnc2sccc12)C(O)=C(C#N)c1nc2ccccc2s1. The van der Waals surface area contributed by atoms with Crippen molar-refractivity contribution in [3.05, 3.63) is 52.8 Å². The Morgan fingerprint density at radius 1 is 1.27 bits per heavy atom. The van der Waals surface area contributed by atoms with Crippen molar-refractivity contribution in [2.45, 2.75) is 17.2 Å². The topological polar surface area (TPSA) is 82.7 Å². The Balaban J connectivity index is 1.70. The Hall–Kier alpha value is -2.47. The Labute approximate surface area is 161 Å². The van der Waals surface area contributed by atoms with Crippen molar-refractivity contribution < 1.29 is 5.11 Å². The van der Waals surface area contributed by atoms with Crippen LogP contribution in [0, 0.1) is 11.3 Å². The summed E-state index contributed by atoms with van der Waals surface area (Å²) >= 11 is 4.35. The zero-order valence-corrected chi connectivity index (χ0v) is 16.0. The number of fused-ring (bicyclic) bond motifs is 2. The van der Waals surface area contributed by atoms with Crippen molar-refractivity contribution in [3.8, 4) is 6.07 Å². The molecule has 0 saturated carbocycles. The molecule has 0 aliphatic carbocycles. The van der Waals surface area contributed by atoms with Crippen LogP contribution < -0.4 is 0 Å². The molecule has 1 aromatic carbocycles. The highest BCUT2D eigenvalue weighted by molar-refractivity contribution is 8.00. The first-order valence-electron chi connectivity index (χ1n) is 7.71. The highest BCUT2D eigenvalue weighted by Gasteiger charge is 2.20. The number of para-hydroxylation sites is 1. The zero-order chi connectivity index (χ0) is 18.1. The molecule has 1 N–H and O–H groups in total. The van der Waals surface area contributed by atoms with Crippen LogP contribution in [0.15, 0.2) is 52.8 Å². The number of benzene rings is 1. The monoisotopic (exact) mass is 396 g/mol. The van der Waals surface area contributed by atoms with Gasteiger partial charge in [0.25, 0.3) is 0 Å². The lowest BCUT2D eigenvalue weighted by Gasteiger charge is -2.11. The van der Waals surface area contributed by atoms with Crippen LogP contribution in [-0.2, 0) is 0 Å². The molecule has 128 valence electrons. The van der Waals surface area contributed by atoms with Crippen molar-refractivity contribution in [2.75, 3.05) is 0 Å². The number of hydrogen-bond acceptors (Lipinski definition) is 8. The van der Waals surface area contributed by atoms with E-state index in [0.717, 1.165) is 25.5 Å². The van der Waals surface area contributed by atoms with Crippen LogP contribution in [0.3, 0.4) is 0 Å². The minimum atomic E-state index is -0.338. The van der Waals surface area contributed by atoms with Gasteiger partial charge in [0.05, 0.1) is 15.5 Å². The van der Waals surface area contributed by atoms with E-state index < -0.39 is 0 Å². The predicted molar refractivity (Wildman–Crippen MR) is 108 cm³/mol. The highest BCUT2D eigenvalue weighted by atomic mass is 32.2. The molecule has 3 heterocycles. The molecule has 0 radical (unpaired) electrons. The first kappa shape index (κ1) is 17.0. The fraction of sp³-hybridized carbons (Fsp3) is 0.111. The Morgan fingerprint density at radius 2 is 2.12 bits per heavy atom. The van der Waals surface area contributed by atoms with Gasteiger partial charge in [0.1, 0.15) is 38.6 Å². The van der Waals surface area contributed by atoms with Gasteiger partial charge in [0.2, 0.25) is 0 Å². The third-order valence-corrected chi connectivity index (χ3v) is 6.77. The van der Waals surface area contributed by atoms with E-state index in [9.17, 15) is 10.4 Å². The standard InChI is InChI=1S/C18H12N4OS3/c1-10(25-17-11-6-7-24-16(11)20-9-21-17)15(23)12(8-19)18-22-13-4-2-3-5-14(13)26-18/h2-7,9-10,23H,1H3. The number of aliphatic hydroxyl groups is 1. The molecule has 4 aromatic rings. The third-order valence-electron chi connectivity index (χ3n) is 3.77. The summed E-state index contributed by atoms with van der Waals surface area (Å²) in [5.41, 5.74) is 1.03. The molecule has 1 unspecified atom stereocenters. The molecular weight excluding hydrogens is 384 g/mol. The summed E-state index contributed by atoms with van der Waals surface area (Å²) < 4.78 is 0.985. The minimum absolute atomic E-state index is 0.0125. The molecule has 1 atom stereocenters. The smallest absolute Gasteiger partial charge is 0.138 e. The molecule has 5 nitrogen and oxygen atoms in total. The van der Waals surface area contributed by atoms with Gasteiger partial charge < -0.3 is 5.11 Å². The largest absolute Gasteiger partial charge is 0.510 e. The third kappa shape index (κ3) is 3.05. The zero-order valence-electron chi connectivity index (χ0n) is 13.6. The Kier molecular flexibility index (Phi) is 4.59. The number of thiazole rings is 1. The number of aromatic nitrogens is 3. The average molecular weight is 397 g/mol. The number of hydrogen-bond donors (Lipinski definition) is 1. The maximum absolute atomic E-state index is 10.7. The molecule has 0 fully saturated rings. The van der Waals surface area contributed by atoms with E-state index in [1.54, 1.807) is 11.3 Å². The lowest BCUT2D eigenvalue weighted by atomic mass is 10.2. The number of thiophene rings is 1. The van der Waals surface area contributed by atoms with Gasteiger partial charge in [-0.2, -0.15) is 5.26 Å². The molecule has 0 saturated heterocycles. The van der Waals surface area contributed by atoms with Crippen molar-refractivity contribution in [1.29, 1.82) is 5.26 Å². The number of nitrogens with zero attached hydrogens (tertiary/aromatic N) is 4. The molecule has 4 rings (SSSR count). The summed E-state index contributed by atoms with van der Waals surface area (Å²) in [6, 6.07) is 11.8. The van der Waals surface area contributed by atoms with E-state index in [-0.39, 0.29) is 16.6 Å². The molecule has 0 amide bonds. The molecule has 8 heteroatoms. The number of allylic oxidation sites excluding steroid dienone is 1. The second-order valence-corrected chi connectivity index (χ2v) is 8.69. The summed E-state index contributed by atoms with van der Waals surface area (Å²) in [4.78, 5) is 13.9. The van der Waals surface area contributed by atoms with Gasteiger partial charge in [-0.05, 0) is 30.5 Å². The normalized spacial score (nSPS) is 13.5. The quantitative estimate of drug-likeness (QED) is 0.219. The maximum Gasteiger partial charge on any atom is 0.138 e. The van der Waals surface area contributed by atoms with Crippen LogP contribution >= 0.6 is 34.4 Å². The van der Waals surface area contributed by atoms with Crippen LogP contribution in [0.4, 0.5) is 0 Å². The van der Waals surface area contributed by atoms with Gasteiger partial charge in [0.15, 0.2) is 0 Å². The number of nitriles is 1. The van der Waals surface area contributed by atoms with E-state index in [1.807, 2.05) is 42.6 Å². The lowest BCUT2D eigenvalue weighted by molar-refractivity contribution is 0.402. The molecule has 3 aromatic heterocycles. The lowest BCUT2D eigenvalue weighted by Crippen LogP contribution is -2.04. The first-order chi connectivity index (χ1) is 12.7. The second-order valence-electron chi connectivity index (χ2n) is 5.44. The second kappa shape index (κ2) is 7.03. The molecule has 0 aliphatic rings. The molecule has 0 spiro atoms. The van der Waals surface area contributed by atoms with Crippen LogP contribution in [0.25, 0.3) is 26.0 Å². The van der Waals surface area contributed by atoms with Gasteiger partial charge in [-0.3, -0.25) is 0 Å². The molecule has 0 bridgehead atoms. The van der Waals surface area contributed by atoms with Crippen molar-refractivity contribution in [1.82, 2.24) is 15.0 Å². The fourth-order valence-electron chi connectivity index (χ4n) is 2.48. The number of rotatable bonds is 4. The summed E-state index contributed by atoms with van der Waals surface area (Å²) in [6.45, 7) is 1.85. The van der Waals surface area contributed by atoms with Crippen molar-refractivity contribution >= 4 is 60.4 Å². The van der Waals surface area contributed by atoms with Crippen LogP contribution in [0.1, 0.15) is 11.9 Å². The van der Waals surface area contributed by atoms with E-state index >= 15 is 0 Å².